The first kappa shape index (κ1) is 13.8. The number of halogens is 1. The fraction of sp³-hybridized carbons (Fsp3) is 0.462. The number of rotatable bonds is 5. The van der Waals surface area contributed by atoms with Crippen LogP contribution in [-0.4, -0.2) is 29.5 Å². The van der Waals surface area contributed by atoms with Crippen LogP contribution in [0.2, 0.25) is 5.02 Å². The van der Waals surface area contributed by atoms with Gasteiger partial charge in [-0.15, -0.1) is 0 Å². The predicted octanol–water partition coefficient (Wildman–Crippen LogP) is 3.31. The quantitative estimate of drug-likeness (QED) is 0.820. The Morgan fingerprint density at radius 3 is 2.71 bits per heavy atom. The van der Waals surface area contributed by atoms with Gasteiger partial charge in [0, 0.05) is 19.2 Å². The molecule has 1 aromatic carbocycles. The second kappa shape index (κ2) is 6.50. The largest absolute Gasteiger partial charge is 0.506 e. The lowest BCUT2D eigenvalue weighted by molar-refractivity contribution is 0.0792. The summed E-state index contributed by atoms with van der Waals surface area (Å²) >= 11 is 5.77. The van der Waals surface area contributed by atoms with Crippen LogP contribution in [0.15, 0.2) is 18.2 Å². The number of hydrogen-bond acceptors (Lipinski definition) is 2. The molecule has 0 atom stereocenters. The van der Waals surface area contributed by atoms with Crippen LogP contribution in [0.1, 0.15) is 36.5 Å². The van der Waals surface area contributed by atoms with Crippen molar-refractivity contribution in [3.05, 3.63) is 28.8 Å². The minimum atomic E-state index is -0.0667. The average molecular weight is 256 g/mol. The zero-order chi connectivity index (χ0) is 12.8. The summed E-state index contributed by atoms with van der Waals surface area (Å²) in [5, 5.41) is 9.49. The Balaban J connectivity index is 2.65. The SMILES string of the molecule is CCCCCN(C)C(=O)c1ccc(O)c(Cl)c1. The highest BCUT2D eigenvalue weighted by Gasteiger charge is 2.12. The zero-order valence-corrected chi connectivity index (χ0v) is 11.0. The fourth-order valence-corrected chi connectivity index (χ4v) is 1.74. The molecule has 94 valence electrons. The third kappa shape index (κ3) is 3.93. The van der Waals surface area contributed by atoms with Crippen LogP contribution in [-0.2, 0) is 0 Å². The topological polar surface area (TPSA) is 40.5 Å². The molecule has 4 heteroatoms. The van der Waals surface area contributed by atoms with Crippen LogP contribution in [0.25, 0.3) is 0 Å². The van der Waals surface area contributed by atoms with Gasteiger partial charge in [-0.1, -0.05) is 31.4 Å². The number of carbonyl (C=O) groups is 1. The van der Waals surface area contributed by atoms with E-state index >= 15 is 0 Å². The van der Waals surface area contributed by atoms with Gasteiger partial charge in [0.15, 0.2) is 0 Å². The molecular weight excluding hydrogens is 238 g/mol. The maximum absolute atomic E-state index is 12.0. The molecule has 0 heterocycles. The minimum absolute atomic E-state index is 0.00291. The van der Waals surface area contributed by atoms with Gasteiger partial charge in [-0.25, -0.2) is 0 Å². The van der Waals surface area contributed by atoms with Gasteiger partial charge in [-0.2, -0.15) is 0 Å². The lowest BCUT2D eigenvalue weighted by atomic mass is 10.2. The Labute approximate surface area is 107 Å². The van der Waals surface area contributed by atoms with Gasteiger partial charge in [-0.05, 0) is 24.6 Å². The van der Waals surface area contributed by atoms with Crippen molar-refractivity contribution < 1.29 is 9.90 Å². The Morgan fingerprint density at radius 1 is 1.41 bits per heavy atom. The van der Waals surface area contributed by atoms with E-state index in [9.17, 15) is 9.90 Å². The summed E-state index contributed by atoms with van der Waals surface area (Å²) in [6.07, 6.45) is 3.26. The molecule has 0 saturated carbocycles. The van der Waals surface area contributed by atoms with Gasteiger partial charge >= 0.3 is 0 Å². The molecule has 0 unspecified atom stereocenters. The van der Waals surface area contributed by atoms with Crippen molar-refractivity contribution in [1.82, 2.24) is 4.90 Å². The van der Waals surface area contributed by atoms with Crippen LogP contribution in [0.4, 0.5) is 0 Å². The van der Waals surface area contributed by atoms with Gasteiger partial charge in [0.05, 0.1) is 5.02 Å². The lowest BCUT2D eigenvalue weighted by Crippen LogP contribution is -2.27. The Morgan fingerprint density at radius 2 is 2.12 bits per heavy atom. The highest BCUT2D eigenvalue weighted by Crippen LogP contribution is 2.24. The van der Waals surface area contributed by atoms with Gasteiger partial charge in [0.1, 0.15) is 5.75 Å². The van der Waals surface area contributed by atoms with Crippen molar-refractivity contribution in [1.29, 1.82) is 0 Å². The molecule has 1 amide bonds. The second-order valence-corrected chi connectivity index (χ2v) is 4.51. The van der Waals surface area contributed by atoms with Crippen molar-refractivity contribution in [3.63, 3.8) is 0 Å². The molecule has 17 heavy (non-hydrogen) atoms. The van der Waals surface area contributed by atoms with E-state index < -0.39 is 0 Å². The van der Waals surface area contributed by atoms with Crippen molar-refractivity contribution in [2.24, 2.45) is 0 Å². The van der Waals surface area contributed by atoms with Gasteiger partial charge in [-0.3, -0.25) is 4.79 Å². The highest BCUT2D eigenvalue weighted by atomic mass is 35.5. The van der Waals surface area contributed by atoms with E-state index in [1.807, 2.05) is 0 Å². The minimum Gasteiger partial charge on any atom is -0.506 e. The van der Waals surface area contributed by atoms with Gasteiger partial charge in [0.2, 0.25) is 0 Å². The number of nitrogens with zero attached hydrogens (tertiary/aromatic N) is 1. The van der Waals surface area contributed by atoms with Crippen LogP contribution in [0, 0.1) is 0 Å². The maximum Gasteiger partial charge on any atom is 0.253 e. The predicted molar refractivity (Wildman–Crippen MR) is 69.6 cm³/mol. The molecular formula is C13H18ClNO2. The summed E-state index contributed by atoms with van der Waals surface area (Å²) in [7, 11) is 1.78. The number of phenols is 1. The zero-order valence-electron chi connectivity index (χ0n) is 10.2. The van der Waals surface area contributed by atoms with Crippen LogP contribution < -0.4 is 0 Å². The third-order valence-corrected chi connectivity index (χ3v) is 2.94. The van der Waals surface area contributed by atoms with E-state index in [0.29, 0.717) is 5.56 Å². The molecule has 0 aromatic heterocycles. The number of carbonyl (C=O) groups excluding carboxylic acids is 1. The Kier molecular flexibility index (Phi) is 5.29. The Hall–Kier alpha value is -1.22. The maximum atomic E-state index is 12.0. The lowest BCUT2D eigenvalue weighted by Gasteiger charge is -2.17. The molecule has 1 rings (SSSR count). The van der Waals surface area contributed by atoms with E-state index in [4.69, 9.17) is 11.6 Å². The third-order valence-electron chi connectivity index (χ3n) is 2.64. The van der Waals surface area contributed by atoms with Crippen LogP contribution >= 0.6 is 11.6 Å². The summed E-state index contributed by atoms with van der Waals surface area (Å²) in [5.41, 5.74) is 0.506. The molecule has 0 fully saturated rings. The summed E-state index contributed by atoms with van der Waals surface area (Å²) in [5.74, 6) is -0.0696. The monoisotopic (exact) mass is 255 g/mol. The first-order valence-electron chi connectivity index (χ1n) is 5.80. The summed E-state index contributed by atoms with van der Waals surface area (Å²) in [6, 6.07) is 4.52. The van der Waals surface area contributed by atoms with Crippen molar-refractivity contribution in [2.75, 3.05) is 13.6 Å². The van der Waals surface area contributed by atoms with E-state index in [1.54, 1.807) is 18.0 Å². The number of amides is 1. The number of unbranched alkanes of at least 4 members (excludes halogenated alkanes) is 2. The van der Waals surface area contributed by atoms with Crippen LogP contribution in [0.3, 0.4) is 0 Å². The molecule has 0 saturated heterocycles. The standard InChI is InChI=1S/C13H18ClNO2/c1-3-4-5-8-15(2)13(17)10-6-7-12(16)11(14)9-10/h6-7,9,16H,3-5,8H2,1-2H3. The summed E-state index contributed by atoms with van der Waals surface area (Å²) < 4.78 is 0. The molecule has 1 N–H and O–H groups in total. The molecule has 0 radical (unpaired) electrons. The normalized spacial score (nSPS) is 10.3. The molecule has 0 aliphatic carbocycles. The van der Waals surface area contributed by atoms with E-state index in [0.717, 1.165) is 25.8 Å². The molecule has 0 aliphatic heterocycles. The van der Waals surface area contributed by atoms with E-state index in [2.05, 4.69) is 6.92 Å². The number of benzene rings is 1. The number of phenolic OH excluding ortho intramolecular Hbond substituents is 1. The molecule has 3 nitrogen and oxygen atoms in total. The first-order valence-corrected chi connectivity index (χ1v) is 6.18. The van der Waals surface area contributed by atoms with Gasteiger partial charge in [0.25, 0.3) is 5.91 Å². The summed E-state index contributed by atoms with van der Waals surface area (Å²) in [6.45, 7) is 2.87. The second-order valence-electron chi connectivity index (χ2n) is 4.10. The Bertz CT molecular complexity index is 393. The van der Waals surface area contributed by atoms with Gasteiger partial charge < -0.3 is 10.0 Å². The average Bonchev–Trinajstić information content (AvgIpc) is 2.32. The first-order chi connectivity index (χ1) is 8.06. The van der Waals surface area contributed by atoms with Crippen molar-refractivity contribution in [2.45, 2.75) is 26.2 Å². The van der Waals surface area contributed by atoms with Crippen molar-refractivity contribution in [3.8, 4) is 5.75 Å². The molecule has 0 spiro atoms. The number of hydrogen-bond donors (Lipinski definition) is 1. The number of aromatic hydroxyl groups is 1. The van der Waals surface area contributed by atoms with Crippen LogP contribution in [0.5, 0.6) is 5.75 Å². The molecule has 0 bridgehead atoms. The summed E-state index contributed by atoms with van der Waals surface area (Å²) in [4.78, 5) is 13.7. The van der Waals surface area contributed by atoms with E-state index in [-0.39, 0.29) is 16.7 Å². The highest BCUT2D eigenvalue weighted by molar-refractivity contribution is 6.32. The molecule has 1 aromatic rings. The van der Waals surface area contributed by atoms with Crippen molar-refractivity contribution >= 4 is 17.5 Å². The van der Waals surface area contributed by atoms with E-state index in [1.165, 1.54) is 12.1 Å². The molecule has 0 aliphatic rings. The fourth-order valence-electron chi connectivity index (χ4n) is 1.56. The smallest absolute Gasteiger partial charge is 0.253 e.